The maximum absolute atomic E-state index is 12.7. The van der Waals surface area contributed by atoms with Crippen LogP contribution in [0.5, 0.6) is 5.75 Å². The van der Waals surface area contributed by atoms with Gasteiger partial charge in [0.05, 0.1) is 28.9 Å². The summed E-state index contributed by atoms with van der Waals surface area (Å²) < 4.78 is 31.7. The number of carbonyl (C=O) groups is 1. The molecule has 13 heteroatoms. The fourth-order valence-corrected chi connectivity index (χ4v) is 6.18. The maximum Gasteiger partial charge on any atom is 0.229 e. The Bertz CT molecular complexity index is 1530. The van der Waals surface area contributed by atoms with Crippen LogP contribution in [0.25, 0.3) is 0 Å². The number of likely N-dealkylation sites (tertiary alicyclic amines) is 1. The van der Waals surface area contributed by atoms with E-state index in [4.69, 9.17) is 21.7 Å². The Morgan fingerprint density at radius 3 is 2.47 bits per heavy atom. The van der Waals surface area contributed by atoms with Gasteiger partial charge in [-0.15, -0.1) is 0 Å². The molecule has 0 spiro atoms. The number of anilines is 3. The first kappa shape index (κ1) is 31.1. The fraction of sp³-hybridized carbons (Fsp3) is 0.533. The summed E-state index contributed by atoms with van der Waals surface area (Å²) in [6, 6.07) is 4.15. The van der Waals surface area contributed by atoms with E-state index < -0.39 is 20.1 Å². The molecule has 0 unspecified atom stereocenters. The highest BCUT2D eigenvalue weighted by molar-refractivity contribution is 8.07. The van der Waals surface area contributed by atoms with E-state index in [1.807, 2.05) is 11.0 Å². The monoisotopic (exact) mass is 629 g/mol. The molecule has 3 aliphatic rings. The SMILES string of the molecule is CN/C=C(/Nc1nc(Nc2cc(C)c(C3CCN(C(=O)C4CC4)CC3)cc2OC2CC2)ncc1Cl)C(=N)S(=O)(=O)C(C)C. The number of aryl methyl sites for hydroxylation is 1. The second-order valence-electron chi connectivity index (χ2n) is 11.8. The van der Waals surface area contributed by atoms with Crippen molar-refractivity contribution in [2.24, 2.45) is 5.92 Å². The van der Waals surface area contributed by atoms with Gasteiger partial charge in [0.2, 0.25) is 11.9 Å². The third kappa shape index (κ3) is 7.23. The van der Waals surface area contributed by atoms with Crippen LogP contribution < -0.4 is 20.7 Å². The Labute approximate surface area is 258 Å². The first-order chi connectivity index (χ1) is 20.5. The average Bonchev–Trinajstić information content (AvgIpc) is 3.90. The van der Waals surface area contributed by atoms with Gasteiger partial charge < -0.3 is 25.6 Å². The second-order valence-corrected chi connectivity index (χ2v) is 14.7. The lowest BCUT2D eigenvalue weighted by Gasteiger charge is -2.33. The number of benzene rings is 1. The number of ether oxygens (including phenoxy) is 1. The third-order valence-corrected chi connectivity index (χ3v) is 10.3. The van der Waals surface area contributed by atoms with Gasteiger partial charge in [-0.05, 0) is 88.5 Å². The number of hydrogen-bond acceptors (Lipinski definition) is 10. The topological polar surface area (TPSA) is 149 Å². The Hall–Kier alpha value is -3.38. The Morgan fingerprint density at radius 1 is 1.16 bits per heavy atom. The number of amides is 1. The number of carbonyl (C=O) groups excluding carboxylic acids is 1. The van der Waals surface area contributed by atoms with Gasteiger partial charge in [0.1, 0.15) is 10.8 Å². The van der Waals surface area contributed by atoms with E-state index in [0.717, 1.165) is 57.2 Å². The van der Waals surface area contributed by atoms with Crippen LogP contribution in [-0.4, -0.2) is 65.7 Å². The van der Waals surface area contributed by atoms with Crippen molar-refractivity contribution in [3.8, 4) is 5.75 Å². The lowest BCUT2D eigenvalue weighted by Crippen LogP contribution is -2.38. The molecule has 232 valence electrons. The highest BCUT2D eigenvalue weighted by Gasteiger charge is 2.35. The van der Waals surface area contributed by atoms with E-state index in [-0.39, 0.29) is 34.5 Å². The second kappa shape index (κ2) is 12.7. The number of halogens is 1. The Balaban J connectivity index is 1.36. The highest BCUT2D eigenvalue weighted by atomic mass is 35.5. The van der Waals surface area contributed by atoms with Crippen molar-refractivity contribution in [1.82, 2.24) is 20.2 Å². The van der Waals surface area contributed by atoms with Crippen LogP contribution in [0.1, 0.15) is 69.4 Å². The molecule has 1 aromatic heterocycles. The molecular weight excluding hydrogens is 590 g/mol. The largest absolute Gasteiger partial charge is 0.488 e. The number of rotatable bonds is 11. The first-order valence-electron chi connectivity index (χ1n) is 14.8. The lowest BCUT2D eigenvalue weighted by molar-refractivity contribution is -0.133. The van der Waals surface area contributed by atoms with Crippen LogP contribution in [0.3, 0.4) is 0 Å². The summed E-state index contributed by atoms with van der Waals surface area (Å²) >= 11 is 6.38. The van der Waals surface area contributed by atoms with Gasteiger partial charge in [0.25, 0.3) is 0 Å². The minimum atomic E-state index is -3.85. The van der Waals surface area contributed by atoms with Crippen LogP contribution in [0.15, 0.2) is 30.2 Å². The third-order valence-electron chi connectivity index (χ3n) is 8.04. The van der Waals surface area contributed by atoms with Crippen molar-refractivity contribution in [1.29, 1.82) is 5.41 Å². The van der Waals surface area contributed by atoms with Crippen LogP contribution in [0, 0.1) is 18.3 Å². The number of piperidine rings is 1. The molecule has 1 aromatic carbocycles. The van der Waals surface area contributed by atoms with Gasteiger partial charge in [-0.3, -0.25) is 10.2 Å². The molecule has 1 amide bonds. The van der Waals surface area contributed by atoms with E-state index in [0.29, 0.717) is 23.3 Å². The molecule has 5 rings (SSSR count). The van der Waals surface area contributed by atoms with Crippen molar-refractivity contribution in [2.45, 2.75) is 76.6 Å². The van der Waals surface area contributed by atoms with Crippen molar-refractivity contribution in [3.05, 3.63) is 46.4 Å². The number of sulfone groups is 1. The summed E-state index contributed by atoms with van der Waals surface area (Å²) in [6.45, 7) is 6.69. The quantitative estimate of drug-likeness (QED) is 0.196. The summed E-state index contributed by atoms with van der Waals surface area (Å²) in [5, 5.41) is 16.1. The molecule has 1 aliphatic heterocycles. The highest BCUT2D eigenvalue weighted by Crippen LogP contribution is 2.41. The van der Waals surface area contributed by atoms with Crippen LogP contribution >= 0.6 is 11.6 Å². The zero-order valence-electron chi connectivity index (χ0n) is 25.0. The first-order valence-corrected chi connectivity index (χ1v) is 16.8. The van der Waals surface area contributed by atoms with E-state index in [1.54, 1.807) is 7.05 Å². The molecule has 2 saturated carbocycles. The van der Waals surface area contributed by atoms with Gasteiger partial charge in [-0.25, -0.2) is 13.4 Å². The molecule has 1 saturated heterocycles. The van der Waals surface area contributed by atoms with Gasteiger partial charge in [0.15, 0.2) is 20.7 Å². The van der Waals surface area contributed by atoms with Crippen molar-refractivity contribution in [2.75, 3.05) is 30.8 Å². The molecule has 2 heterocycles. The standard InChI is InChI=1S/C30H40ClN7O4S/c1-17(2)43(40,41)27(32)25(16-33-4)35-28-23(31)15-34-30(37-28)36-24-13-18(3)22(14-26(24)42-21-7-8-21)19-9-11-38(12-10-19)29(39)20-5-6-20/h13-17,19-21,32-33H,5-12H2,1-4H3,(H2,34,35,36,37)/b25-16+,32-27?. The zero-order valence-corrected chi connectivity index (χ0v) is 26.6. The van der Waals surface area contributed by atoms with E-state index in [2.05, 4.69) is 38.9 Å². The Morgan fingerprint density at radius 2 is 1.86 bits per heavy atom. The predicted molar refractivity (Wildman–Crippen MR) is 169 cm³/mol. The van der Waals surface area contributed by atoms with Gasteiger partial charge in [0, 0.05) is 32.3 Å². The molecule has 43 heavy (non-hydrogen) atoms. The molecule has 2 aromatic rings. The Kier molecular flexibility index (Phi) is 9.17. The summed E-state index contributed by atoms with van der Waals surface area (Å²) in [4.78, 5) is 23.4. The molecule has 11 nitrogen and oxygen atoms in total. The molecule has 0 radical (unpaired) electrons. The van der Waals surface area contributed by atoms with Gasteiger partial charge >= 0.3 is 0 Å². The van der Waals surface area contributed by atoms with Crippen molar-refractivity contribution >= 4 is 49.8 Å². The number of hydrogen-bond donors (Lipinski definition) is 4. The van der Waals surface area contributed by atoms with Gasteiger partial charge in [-0.2, -0.15) is 4.98 Å². The van der Waals surface area contributed by atoms with E-state index >= 15 is 0 Å². The smallest absolute Gasteiger partial charge is 0.229 e. The van der Waals surface area contributed by atoms with Crippen molar-refractivity contribution in [3.63, 3.8) is 0 Å². The maximum atomic E-state index is 12.7. The van der Waals surface area contributed by atoms with Crippen LogP contribution in [-0.2, 0) is 14.6 Å². The molecule has 3 fully saturated rings. The lowest BCUT2D eigenvalue weighted by atomic mass is 9.86. The van der Waals surface area contributed by atoms with E-state index in [9.17, 15) is 13.2 Å². The summed E-state index contributed by atoms with van der Waals surface area (Å²) in [7, 11) is -2.25. The van der Waals surface area contributed by atoms with Crippen molar-refractivity contribution < 1.29 is 17.9 Å². The number of nitrogens with zero attached hydrogens (tertiary/aromatic N) is 3. The zero-order chi connectivity index (χ0) is 30.9. The molecule has 0 bridgehead atoms. The minimum absolute atomic E-state index is 0.00517. The molecule has 0 atom stereocenters. The fourth-order valence-electron chi connectivity index (χ4n) is 5.16. The number of nitrogens with one attached hydrogen (secondary N) is 4. The van der Waals surface area contributed by atoms with Crippen LogP contribution in [0.4, 0.5) is 17.5 Å². The number of aromatic nitrogens is 2. The average molecular weight is 630 g/mol. The molecule has 2 aliphatic carbocycles. The predicted octanol–water partition coefficient (Wildman–Crippen LogP) is 5.11. The summed E-state index contributed by atoms with van der Waals surface area (Å²) in [5.41, 5.74) is 3.05. The molecular formula is C30H40ClN7O4S. The normalized spacial score (nSPS) is 18.0. The summed E-state index contributed by atoms with van der Waals surface area (Å²) in [5.74, 6) is 2.00. The minimum Gasteiger partial charge on any atom is -0.488 e. The van der Waals surface area contributed by atoms with Crippen LogP contribution in [0.2, 0.25) is 5.02 Å². The summed E-state index contributed by atoms with van der Waals surface area (Å²) in [6.07, 6.45) is 8.87. The van der Waals surface area contributed by atoms with E-state index in [1.165, 1.54) is 31.8 Å². The van der Waals surface area contributed by atoms with Gasteiger partial charge in [-0.1, -0.05) is 11.6 Å². The molecule has 4 N–H and O–H groups in total.